The number of aromatic nitrogens is 1. The van der Waals surface area contributed by atoms with Crippen molar-refractivity contribution < 1.29 is 4.74 Å². The number of rotatable bonds is 3. The molecular weight excluding hydrogens is 354 g/mol. The summed E-state index contributed by atoms with van der Waals surface area (Å²) < 4.78 is 7.55. The van der Waals surface area contributed by atoms with E-state index in [9.17, 15) is 0 Å². The molecule has 4 nitrogen and oxygen atoms in total. The summed E-state index contributed by atoms with van der Waals surface area (Å²) in [5.41, 5.74) is 4.74. The predicted molar refractivity (Wildman–Crippen MR) is 113 cm³/mol. The first kappa shape index (κ1) is 17.6. The zero-order chi connectivity index (χ0) is 18.8. The fourth-order valence-corrected chi connectivity index (χ4v) is 3.89. The molecule has 0 spiro atoms. The van der Waals surface area contributed by atoms with E-state index in [1.165, 1.54) is 16.8 Å². The maximum Gasteiger partial charge on any atom is 0.174 e. The van der Waals surface area contributed by atoms with Crippen LogP contribution in [-0.4, -0.2) is 28.2 Å². The fraction of sp³-hybridized carbons (Fsp3) is 0.227. The monoisotopic (exact) mass is 377 g/mol. The average Bonchev–Trinajstić information content (AvgIpc) is 3.17. The highest BCUT2D eigenvalue weighted by Crippen LogP contribution is 2.33. The van der Waals surface area contributed by atoms with Gasteiger partial charge in [0.05, 0.1) is 13.2 Å². The number of benzene rings is 2. The molecule has 0 aliphatic carbocycles. The third kappa shape index (κ3) is 3.55. The lowest BCUT2D eigenvalue weighted by atomic mass is 9.99. The molecule has 138 valence electrons. The molecule has 5 heteroatoms. The SMILES string of the molecule is COc1ccc(NC(=S)N2CCn3cccc3[C@H]2c2ccc(C)cc2)cc1. The summed E-state index contributed by atoms with van der Waals surface area (Å²) >= 11 is 5.80. The van der Waals surface area contributed by atoms with Crippen LogP contribution in [0.2, 0.25) is 0 Å². The molecule has 0 radical (unpaired) electrons. The van der Waals surface area contributed by atoms with Crippen molar-refractivity contribution in [1.82, 2.24) is 9.47 Å². The molecular formula is C22H23N3OS. The van der Waals surface area contributed by atoms with Gasteiger partial charge in [-0.3, -0.25) is 0 Å². The Hall–Kier alpha value is -2.79. The summed E-state index contributed by atoms with van der Waals surface area (Å²) in [7, 11) is 1.67. The number of anilines is 1. The first-order chi connectivity index (χ1) is 13.2. The third-order valence-electron chi connectivity index (χ3n) is 5.03. The van der Waals surface area contributed by atoms with E-state index in [-0.39, 0.29) is 6.04 Å². The van der Waals surface area contributed by atoms with Gasteiger partial charge >= 0.3 is 0 Å². The molecule has 27 heavy (non-hydrogen) atoms. The van der Waals surface area contributed by atoms with Crippen LogP contribution in [0.4, 0.5) is 5.69 Å². The maximum atomic E-state index is 5.80. The Balaban J connectivity index is 1.63. The van der Waals surface area contributed by atoms with Crippen molar-refractivity contribution in [3.8, 4) is 5.75 Å². The molecule has 1 N–H and O–H groups in total. The normalized spacial score (nSPS) is 15.9. The second-order valence-electron chi connectivity index (χ2n) is 6.79. The van der Waals surface area contributed by atoms with Gasteiger partial charge in [-0.1, -0.05) is 29.8 Å². The van der Waals surface area contributed by atoms with Gasteiger partial charge in [-0.05, 0) is 61.1 Å². The number of nitrogens with one attached hydrogen (secondary N) is 1. The second kappa shape index (κ2) is 7.45. The summed E-state index contributed by atoms with van der Waals surface area (Å²) in [6.45, 7) is 3.90. The Morgan fingerprint density at radius 3 is 2.48 bits per heavy atom. The summed E-state index contributed by atoms with van der Waals surface area (Å²) in [5, 5.41) is 4.12. The van der Waals surface area contributed by atoms with Gasteiger partial charge in [0, 0.05) is 30.7 Å². The van der Waals surface area contributed by atoms with Gasteiger partial charge in [0.2, 0.25) is 0 Å². The van der Waals surface area contributed by atoms with Gasteiger partial charge in [0.1, 0.15) is 5.75 Å². The van der Waals surface area contributed by atoms with E-state index in [1.807, 2.05) is 24.3 Å². The van der Waals surface area contributed by atoms with Crippen molar-refractivity contribution in [1.29, 1.82) is 0 Å². The number of aryl methyl sites for hydroxylation is 1. The average molecular weight is 378 g/mol. The van der Waals surface area contributed by atoms with Crippen LogP contribution in [0.3, 0.4) is 0 Å². The molecule has 0 unspecified atom stereocenters. The molecule has 3 aromatic rings. The Morgan fingerprint density at radius 2 is 1.78 bits per heavy atom. The Bertz CT molecular complexity index is 931. The fourth-order valence-electron chi connectivity index (χ4n) is 3.57. The van der Waals surface area contributed by atoms with Crippen molar-refractivity contribution in [2.24, 2.45) is 0 Å². The van der Waals surface area contributed by atoms with Gasteiger partial charge in [0.25, 0.3) is 0 Å². The number of hydrogen-bond donors (Lipinski definition) is 1. The summed E-state index contributed by atoms with van der Waals surface area (Å²) in [4.78, 5) is 2.28. The van der Waals surface area contributed by atoms with Crippen LogP contribution in [0.25, 0.3) is 0 Å². The molecule has 0 saturated carbocycles. The number of ether oxygens (including phenoxy) is 1. The Morgan fingerprint density at radius 1 is 1.04 bits per heavy atom. The quantitative estimate of drug-likeness (QED) is 0.675. The van der Waals surface area contributed by atoms with Gasteiger partial charge in [0.15, 0.2) is 5.11 Å². The Kier molecular flexibility index (Phi) is 4.86. The van der Waals surface area contributed by atoms with E-state index < -0.39 is 0 Å². The number of fused-ring (bicyclic) bond motifs is 1. The van der Waals surface area contributed by atoms with E-state index in [1.54, 1.807) is 7.11 Å². The minimum atomic E-state index is 0.104. The number of hydrogen-bond acceptors (Lipinski definition) is 2. The van der Waals surface area contributed by atoms with Gasteiger partial charge in [-0.25, -0.2) is 0 Å². The van der Waals surface area contributed by atoms with Crippen LogP contribution in [0.1, 0.15) is 22.9 Å². The smallest absolute Gasteiger partial charge is 0.174 e. The van der Waals surface area contributed by atoms with Crippen molar-refractivity contribution in [2.45, 2.75) is 19.5 Å². The highest BCUT2D eigenvalue weighted by atomic mass is 32.1. The highest BCUT2D eigenvalue weighted by Gasteiger charge is 2.30. The lowest BCUT2D eigenvalue weighted by Gasteiger charge is -2.39. The first-order valence-electron chi connectivity index (χ1n) is 9.09. The lowest BCUT2D eigenvalue weighted by molar-refractivity contribution is 0.293. The van der Waals surface area contributed by atoms with Crippen LogP contribution in [0, 0.1) is 6.92 Å². The van der Waals surface area contributed by atoms with Gasteiger partial charge < -0.3 is 19.5 Å². The van der Waals surface area contributed by atoms with Gasteiger partial charge in [-0.15, -0.1) is 0 Å². The molecule has 2 heterocycles. The van der Waals surface area contributed by atoms with Crippen LogP contribution in [0.15, 0.2) is 66.9 Å². The molecule has 0 bridgehead atoms. The number of thiocarbonyl (C=S) groups is 1. The zero-order valence-electron chi connectivity index (χ0n) is 15.6. The van der Waals surface area contributed by atoms with E-state index in [0.29, 0.717) is 0 Å². The van der Waals surface area contributed by atoms with Crippen LogP contribution < -0.4 is 10.1 Å². The molecule has 1 aromatic heterocycles. The molecule has 0 amide bonds. The standard InChI is InChI=1S/C22H23N3OS/c1-16-5-7-17(8-6-16)21-20-4-3-13-24(20)14-15-25(21)22(27)23-18-9-11-19(26-2)12-10-18/h3-13,21H,14-15H2,1-2H3,(H,23,27)/t21-/m1/s1. The topological polar surface area (TPSA) is 29.4 Å². The lowest BCUT2D eigenvalue weighted by Crippen LogP contribution is -2.44. The molecule has 0 fully saturated rings. The molecule has 4 rings (SSSR count). The van der Waals surface area contributed by atoms with E-state index in [0.717, 1.165) is 29.6 Å². The Labute approximate surface area is 165 Å². The second-order valence-corrected chi connectivity index (χ2v) is 7.18. The minimum absolute atomic E-state index is 0.104. The van der Waals surface area contributed by atoms with Crippen molar-refractivity contribution >= 4 is 23.0 Å². The predicted octanol–water partition coefficient (Wildman–Crippen LogP) is 4.61. The van der Waals surface area contributed by atoms with Crippen LogP contribution in [0.5, 0.6) is 5.75 Å². The first-order valence-corrected chi connectivity index (χ1v) is 9.50. The van der Waals surface area contributed by atoms with E-state index >= 15 is 0 Å². The van der Waals surface area contributed by atoms with Gasteiger partial charge in [-0.2, -0.15) is 0 Å². The summed E-state index contributed by atoms with van der Waals surface area (Å²) in [6, 6.07) is 21.0. The van der Waals surface area contributed by atoms with Crippen LogP contribution in [-0.2, 0) is 6.54 Å². The molecule has 1 atom stereocenters. The van der Waals surface area contributed by atoms with Crippen molar-refractivity contribution in [2.75, 3.05) is 19.0 Å². The maximum absolute atomic E-state index is 5.80. The van der Waals surface area contributed by atoms with E-state index in [4.69, 9.17) is 17.0 Å². The molecule has 1 aliphatic rings. The van der Waals surface area contributed by atoms with Crippen molar-refractivity contribution in [3.63, 3.8) is 0 Å². The van der Waals surface area contributed by atoms with E-state index in [2.05, 4.69) is 64.3 Å². The third-order valence-corrected chi connectivity index (χ3v) is 5.37. The number of methoxy groups -OCH3 is 1. The molecule has 1 aliphatic heterocycles. The largest absolute Gasteiger partial charge is 0.497 e. The highest BCUT2D eigenvalue weighted by molar-refractivity contribution is 7.80. The zero-order valence-corrected chi connectivity index (χ0v) is 16.4. The molecule has 2 aromatic carbocycles. The summed E-state index contributed by atoms with van der Waals surface area (Å²) in [5.74, 6) is 0.833. The van der Waals surface area contributed by atoms with Crippen molar-refractivity contribution in [3.05, 3.63) is 83.7 Å². The minimum Gasteiger partial charge on any atom is -0.497 e. The van der Waals surface area contributed by atoms with Crippen LogP contribution >= 0.6 is 12.2 Å². The number of nitrogens with zero attached hydrogens (tertiary/aromatic N) is 2. The molecule has 0 saturated heterocycles. The summed E-state index contributed by atoms with van der Waals surface area (Å²) in [6.07, 6.45) is 2.15.